The Morgan fingerprint density at radius 2 is 1.80 bits per heavy atom. The minimum absolute atomic E-state index is 0.159. The summed E-state index contributed by atoms with van der Waals surface area (Å²) in [5.41, 5.74) is 4.40. The minimum atomic E-state index is 0.159. The maximum absolute atomic E-state index is 13.0. The van der Waals surface area contributed by atoms with E-state index in [4.69, 9.17) is 0 Å². The average Bonchev–Trinajstić information content (AvgIpc) is 2.92. The van der Waals surface area contributed by atoms with Gasteiger partial charge in [-0.15, -0.1) is 0 Å². The van der Waals surface area contributed by atoms with Crippen molar-refractivity contribution in [2.45, 2.75) is 13.0 Å². The van der Waals surface area contributed by atoms with Gasteiger partial charge in [-0.05, 0) is 45.3 Å². The number of aromatic nitrogens is 1. The van der Waals surface area contributed by atoms with Crippen LogP contribution in [0.4, 0.5) is 5.69 Å². The highest BCUT2D eigenvalue weighted by atomic mass is 16.2. The quantitative estimate of drug-likeness (QED) is 0.730. The molecule has 1 amide bonds. The number of para-hydroxylation sites is 2. The van der Waals surface area contributed by atoms with Gasteiger partial charge in [0, 0.05) is 23.0 Å². The van der Waals surface area contributed by atoms with Crippen LogP contribution in [0.3, 0.4) is 0 Å². The van der Waals surface area contributed by atoms with Crippen LogP contribution in [0.2, 0.25) is 0 Å². The molecule has 128 valence electrons. The first kappa shape index (κ1) is 15.9. The number of hydrogen-bond donors (Lipinski definition) is 0. The number of fused-ring (bicyclic) bond motifs is 5. The van der Waals surface area contributed by atoms with Gasteiger partial charge in [0.05, 0.1) is 11.4 Å². The fourth-order valence-electron chi connectivity index (χ4n) is 3.67. The second-order valence-corrected chi connectivity index (χ2v) is 6.89. The summed E-state index contributed by atoms with van der Waals surface area (Å²) in [6, 6.07) is 18.7. The maximum atomic E-state index is 13.0. The van der Waals surface area contributed by atoms with Gasteiger partial charge < -0.3 is 14.4 Å². The van der Waals surface area contributed by atoms with E-state index in [2.05, 4.69) is 60.0 Å². The van der Waals surface area contributed by atoms with E-state index < -0.39 is 0 Å². The van der Waals surface area contributed by atoms with Gasteiger partial charge in [-0.3, -0.25) is 4.79 Å². The fraction of sp³-hybridized carbons (Fsp3) is 0.286. The first-order valence-electron chi connectivity index (χ1n) is 8.78. The van der Waals surface area contributed by atoms with Crippen LogP contribution < -0.4 is 4.90 Å². The lowest BCUT2D eigenvalue weighted by molar-refractivity contribution is -0.119. The van der Waals surface area contributed by atoms with Crippen molar-refractivity contribution in [3.05, 3.63) is 54.6 Å². The molecule has 3 aromatic rings. The Labute approximate surface area is 148 Å². The predicted molar refractivity (Wildman–Crippen MR) is 103 cm³/mol. The van der Waals surface area contributed by atoms with E-state index in [9.17, 15) is 4.79 Å². The van der Waals surface area contributed by atoms with Crippen molar-refractivity contribution in [2.24, 2.45) is 0 Å². The third-order valence-electron chi connectivity index (χ3n) is 4.86. The highest BCUT2D eigenvalue weighted by Crippen LogP contribution is 2.37. The number of carbonyl (C=O) groups excluding carboxylic acids is 1. The Morgan fingerprint density at radius 1 is 1.04 bits per heavy atom. The molecule has 0 spiro atoms. The molecule has 1 aromatic heterocycles. The molecule has 0 atom stereocenters. The zero-order chi connectivity index (χ0) is 17.4. The summed E-state index contributed by atoms with van der Waals surface area (Å²) in [6.07, 6.45) is 0.961. The van der Waals surface area contributed by atoms with Crippen molar-refractivity contribution in [3.8, 4) is 11.3 Å². The summed E-state index contributed by atoms with van der Waals surface area (Å²) in [5.74, 6) is 0.159. The Bertz CT molecular complexity index is 926. The molecule has 4 nitrogen and oxygen atoms in total. The minimum Gasteiger partial charge on any atom is -0.331 e. The Morgan fingerprint density at radius 3 is 2.64 bits per heavy atom. The molecule has 0 aliphatic carbocycles. The average molecular weight is 333 g/mol. The van der Waals surface area contributed by atoms with Crippen molar-refractivity contribution in [1.29, 1.82) is 0 Å². The standard InChI is InChI=1S/C21H23N3O/c1-22(2)12-7-13-23-19-11-6-4-9-17(19)20-14-16-8-3-5-10-18(16)24(20)15-21(23)25/h3-6,8-11,14H,7,12-13,15H2,1-2H3. The van der Waals surface area contributed by atoms with Crippen molar-refractivity contribution >= 4 is 22.5 Å². The second kappa shape index (κ2) is 6.37. The molecule has 4 rings (SSSR count). The van der Waals surface area contributed by atoms with Crippen LogP contribution in [-0.2, 0) is 11.3 Å². The van der Waals surface area contributed by atoms with E-state index in [1.165, 1.54) is 5.39 Å². The summed E-state index contributed by atoms with van der Waals surface area (Å²) in [4.78, 5) is 17.2. The first-order valence-corrected chi connectivity index (χ1v) is 8.78. The SMILES string of the molecule is CN(C)CCCN1C(=O)Cn2c(cc3ccccc32)-c2ccccc21. The molecule has 1 aliphatic heterocycles. The number of amides is 1. The maximum Gasteiger partial charge on any atom is 0.246 e. The van der Waals surface area contributed by atoms with E-state index in [0.29, 0.717) is 6.54 Å². The number of carbonyl (C=O) groups is 1. The molecule has 0 bridgehead atoms. The molecule has 0 saturated carbocycles. The van der Waals surface area contributed by atoms with Crippen LogP contribution in [0, 0.1) is 0 Å². The van der Waals surface area contributed by atoms with Gasteiger partial charge in [0.1, 0.15) is 6.54 Å². The molecule has 1 aliphatic rings. The molecule has 4 heteroatoms. The van der Waals surface area contributed by atoms with Gasteiger partial charge in [-0.1, -0.05) is 36.4 Å². The number of anilines is 1. The summed E-state index contributed by atoms with van der Waals surface area (Å²) >= 11 is 0. The zero-order valence-electron chi connectivity index (χ0n) is 14.8. The van der Waals surface area contributed by atoms with Crippen LogP contribution in [0.25, 0.3) is 22.2 Å². The fourth-order valence-corrected chi connectivity index (χ4v) is 3.67. The Hall–Kier alpha value is -2.59. The molecule has 25 heavy (non-hydrogen) atoms. The van der Waals surface area contributed by atoms with Gasteiger partial charge in [-0.2, -0.15) is 0 Å². The van der Waals surface area contributed by atoms with E-state index in [1.807, 2.05) is 23.1 Å². The molecule has 0 unspecified atom stereocenters. The van der Waals surface area contributed by atoms with Crippen molar-refractivity contribution in [2.75, 3.05) is 32.1 Å². The van der Waals surface area contributed by atoms with Crippen LogP contribution >= 0.6 is 0 Å². The van der Waals surface area contributed by atoms with Gasteiger partial charge >= 0.3 is 0 Å². The van der Waals surface area contributed by atoms with Crippen LogP contribution in [-0.4, -0.2) is 42.6 Å². The topological polar surface area (TPSA) is 28.5 Å². The third-order valence-corrected chi connectivity index (χ3v) is 4.86. The summed E-state index contributed by atoms with van der Waals surface area (Å²) in [6.45, 7) is 2.11. The molecule has 0 fully saturated rings. The second-order valence-electron chi connectivity index (χ2n) is 6.89. The largest absolute Gasteiger partial charge is 0.331 e. The number of hydrogen-bond acceptors (Lipinski definition) is 2. The molecule has 2 heterocycles. The zero-order valence-corrected chi connectivity index (χ0v) is 14.8. The first-order chi connectivity index (χ1) is 12.1. The third kappa shape index (κ3) is 2.83. The van der Waals surface area contributed by atoms with Crippen molar-refractivity contribution in [3.63, 3.8) is 0 Å². The lowest BCUT2D eigenvalue weighted by atomic mass is 10.1. The van der Waals surface area contributed by atoms with Gasteiger partial charge in [0.2, 0.25) is 5.91 Å². The number of nitrogens with zero attached hydrogens (tertiary/aromatic N) is 3. The van der Waals surface area contributed by atoms with Gasteiger partial charge in [0.15, 0.2) is 0 Å². The molecular weight excluding hydrogens is 310 g/mol. The summed E-state index contributed by atoms with van der Waals surface area (Å²) in [7, 11) is 4.13. The Balaban J connectivity index is 1.81. The molecule has 2 aromatic carbocycles. The molecule has 0 saturated heterocycles. The molecule has 0 radical (unpaired) electrons. The van der Waals surface area contributed by atoms with E-state index in [0.717, 1.165) is 42.0 Å². The predicted octanol–water partition coefficient (Wildman–Crippen LogP) is 3.61. The number of rotatable bonds is 4. The summed E-state index contributed by atoms with van der Waals surface area (Å²) < 4.78 is 2.16. The summed E-state index contributed by atoms with van der Waals surface area (Å²) in [5, 5.41) is 1.18. The van der Waals surface area contributed by atoms with Crippen LogP contribution in [0.5, 0.6) is 0 Å². The normalized spacial score (nSPS) is 13.9. The highest BCUT2D eigenvalue weighted by molar-refractivity contribution is 6.02. The van der Waals surface area contributed by atoms with E-state index in [1.54, 1.807) is 0 Å². The van der Waals surface area contributed by atoms with E-state index in [-0.39, 0.29) is 5.91 Å². The van der Waals surface area contributed by atoms with Crippen molar-refractivity contribution in [1.82, 2.24) is 9.47 Å². The lowest BCUT2D eigenvalue weighted by Gasteiger charge is -2.23. The highest BCUT2D eigenvalue weighted by Gasteiger charge is 2.26. The van der Waals surface area contributed by atoms with E-state index >= 15 is 0 Å². The molecule has 0 N–H and O–H groups in total. The monoisotopic (exact) mass is 333 g/mol. The van der Waals surface area contributed by atoms with Crippen LogP contribution in [0.1, 0.15) is 6.42 Å². The molecular formula is C21H23N3O. The smallest absolute Gasteiger partial charge is 0.246 e. The van der Waals surface area contributed by atoms with Gasteiger partial charge in [0.25, 0.3) is 0 Å². The Kier molecular flexibility index (Phi) is 4.06. The van der Waals surface area contributed by atoms with Crippen molar-refractivity contribution < 1.29 is 4.79 Å². The van der Waals surface area contributed by atoms with Gasteiger partial charge in [-0.25, -0.2) is 0 Å². The lowest BCUT2D eigenvalue weighted by Crippen LogP contribution is -2.34. The number of benzene rings is 2. The van der Waals surface area contributed by atoms with Crippen LogP contribution in [0.15, 0.2) is 54.6 Å².